The van der Waals surface area contributed by atoms with Gasteiger partial charge < -0.3 is 10.6 Å². The van der Waals surface area contributed by atoms with Crippen LogP contribution in [0.2, 0.25) is 0 Å². The van der Waals surface area contributed by atoms with E-state index in [4.69, 9.17) is 0 Å². The summed E-state index contributed by atoms with van der Waals surface area (Å²) in [5, 5.41) is 10.8. The zero-order chi connectivity index (χ0) is 20.6. The molecule has 0 unspecified atom stereocenters. The molecule has 0 amide bonds. The van der Waals surface area contributed by atoms with Gasteiger partial charge in [-0.05, 0) is 42.0 Å². The monoisotopic (exact) mass is 533 g/mol. The van der Waals surface area contributed by atoms with Gasteiger partial charge in [0.2, 0.25) is 0 Å². The molecule has 0 saturated carbocycles. The molecule has 1 heterocycles. The fraction of sp³-hybridized carbons (Fsp3) is 0.500. The lowest BCUT2D eigenvalue weighted by atomic mass is 9.90. The Labute approximate surface area is 191 Å². The standard InChI is InChI=1S/C20H31N5O2S.HI/c1-20(2,11-15-28(4,26)27)16-23-19(21-3)22-13-10-17-6-8-18(9-7-17)25-14-5-12-24-25;/h5-9,12,14H,10-11,13,15-16H2,1-4H3,(H2,21,22,23);1H. The second kappa shape index (κ2) is 11.5. The molecule has 0 bridgehead atoms. The molecule has 1 aromatic heterocycles. The average Bonchev–Trinajstić information content (AvgIpc) is 3.18. The summed E-state index contributed by atoms with van der Waals surface area (Å²) in [4.78, 5) is 4.24. The third kappa shape index (κ3) is 9.62. The Hall–Kier alpha value is -1.62. The Balaban J connectivity index is 0.00000420. The van der Waals surface area contributed by atoms with Gasteiger partial charge in [0.15, 0.2) is 5.96 Å². The molecule has 1 aromatic carbocycles. The number of hydrogen-bond acceptors (Lipinski definition) is 4. The van der Waals surface area contributed by atoms with Crippen molar-refractivity contribution >= 4 is 39.8 Å². The summed E-state index contributed by atoms with van der Waals surface area (Å²) in [5.41, 5.74) is 2.13. The first-order valence-electron chi connectivity index (χ1n) is 9.40. The predicted molar refractivity (Wildman–Crippen MR) is 130 cm³/mol. The number of aromatic nitrogens is 2. The molecule has 9 heteroatoms. The van der Waals surface area contributed by atoms with Gasteiger partial charge >= 0.3 is 0 Å². The molecule has 2 rings (SSSR count). The second-order valence-electron chi connectivity index (χ2n) is 7.76. The van der Waals surface area contributed by atoms with Crippen LogP contribution in [0.3, 0.4) is 0 Å². The summed E-state index contributed by atoms with van der Waals surface area (Å²) in [6, 6.07) is 10.2. The van der Waals surface area contributed by atoms with Crippen molar-refractivity contribution in [3.8, 4) is 5.69 Å². The van der Waals surface area contributed by atoms with Crippen molar-refractivity contribution in [2.45, 2.75) is 26.7 Å². The number of nitrogens with one attached hydrogen (secondary N) is 2. The minimum Gasteiger partial charge on any atom is -0.356 e. The molecular weight excluding hydrogens is 501 g/mol. The zero-order valence-corrected chi connectivity index (χ0v) is 20.7. The number of rotatable bonds is 9. The zero-order valence-electron chi connectivity index (χ0n) is 17.6. The molecule has 2 N–H and O–H groups in total. The summed E-state index contributed by atoms with van der Waals surface area (Å²) in [6.07, 6.45) is 6.44. The van der Waals surface area contributed by atoms with E-state index in [1.54, 1.807) is 13.2 Å². The van der Waals surface area contributed by atoms with E-state index in [1.165, 1.54) is 11.8 Å². The minimum absolute atomic E-state index is 0. The molecule has 0 aliphatic rings. The van der Waals surface area contributed by atoms with Crippen LogP contribution in [0, 0.1) is 5.41 Å². The number of guanidine groups is 1. The highest BCUT2D eigenvalue weighted by Gasteiger charge is 2.20. The van der Waals surface area contributed by atoms with Gasteiger partial charge in [0, 0.05) is 38.8 Å². The fourth-order valence-electron chi connectivity index (χ4n) is 2.66. The number of nitrogens with zero attached hydrogens (tertiary/aromatic N) is 3. The van der Waals surface area contributed by atoms with Gasteiger partial charge in [0.25, 0.3) is 0 Å². The maximum Gasteiger partial charge on any atom is 0.191 e. The molecule has 2 aromatic rings. The third-order valence-electron chi connectivity index (χ3n) is 4.52. The lowest BCUT2D eigenvalue weighted by Crippen LogP contribution is -2.43. The van der Waals surface area contributed by atoms with Crippen LogP contribution < -0.4 is 10.6 Å². The van der Waals surface area contributed by atoms with Crippen LogP contribution in [-0.2, 0) is 16.3 Å². The SMILES string of the molecule is CN=C(NCCc1ccc(-n2cccn2)cc1)NCC(C)(C)CCS(C)(=O)=O.I. The average molecular weight is 533 g/mol. The Morgan fingerprint density at radius 3 is 2.45 bits per heavy atom. The summed E-state index contributed by atoms with van der Waals surface area (Å²) < 4.78 is 24.6. The van der Waals surface area contributed by atoms with Gasteiger partial charge in [0.1, 0.15) is 9.84 Å². The molecule has 0 radical (unpaired) electrons. The first-order valence-corrected chi connectivity index (χ1v) is 11.5. The maximum atomic E-state index is 11.4. The molecule has 7 nitrogen and oxygen atoms in total. The molecule has 0 aliphatic carbocycles. The molecule has 0 spiro atoms. The van der Waals surface area contributed by atoms with E-state index >= 15 is 0 Å². The quantitative estimate of drug-likeness (QED) is 0.294. The van der Waals surface area contributed by atoms with Gasteiger partial charge in [-0.1, -0.05) is 26.0 Å². The lowest BCUT2D eigenvalue weighted by molar-refractivity contribution is 0.348. The number of benzene rings is 1. The maximum absolute atomic E-state index is 11.4. The first-order chi connectivity index (χ1) is 13.2. The molecular formula is C20H32IN5O2S. The van der Waals surface area contributed by atoms with Crippen LogP contribution >= 0.6 is 24.0 Å². The summed E-state index contributed by atoms with van der Waals surface area (Å²) in [5.74, 6) is 0.919. The number of hydrogen-bond donors (Lipinski definition) is 2. The van der Waals surface area contributed by atoms with Crippen molar-refractivity contribution in [2.75, 3.05) is 32.1 Å². The first kappa shape index (κ1) is 25.4. The Kier molecular flexibility index (Phi) is 10.1. The highest BCUT2D eigenvalue weighted by atomic mass is 127. The van der Waals surface area contributed by atoms with Crippen molar-refractivity contribution < 1.29 is 8.42 Å². The van der Waals surface area contributed by atoms with Crippen molar-refractivity contribution in [3.63, 3.8) is 0 Å². The molecule has 0 aliphatic heterocycles. The lowest BCUT2D eigenvalue weighted by Gasteiger charge is -2.25. The minimum atomic E-state index is -2.94. The fourth-order valence-corrected chi connectivity index (χ4v) is 3.58. The van der Waals surface area contributed by atoms with E-state index in [9.17, 15) is 8.42 Å². The van der Waals surface area contributed by atoms with Crippen LogP contribution in [0.15, 0.2) is 47.7 Å². The summed E-state index contributed by atoms with van der Waals surface area (Å²) in [6.45, 7) is 5.52. The van der Waals surface area contributed by atoms with Crippen molar-refractivity contribution in [1.29, 1.82) is 0 Å². The van der Waals surface area contributed by atoms with E-state index in [0.717, 1.165) is 24.6 Å². The molecule has 29 heavy (non-hydrogen) atoms. The second-order valence-corrected chi connectivity index (χ2v) is 10.0. The van der Waals surface area contributed by atoms with Crippen LogP contribution in [0.1, 0.15) is 25.8 Å². The largest absolute Gasteiger partial charge is 0.356 e. The number of sulfone groups is 1. The van der Waals surface area contributed by atoms with Crippen molar-refractivity contribution in [2.24, 2.45) is 10.4 Å². The molecule has 0 saturated heterocycles. The van der Waals surface area contributed by atoms with E-state index in [0.29, 0.717) is 13.0 Å². The Morgan fingerprint density at radius 2 is 1.90 bits per heavy atom. The van der Waals surface area contributed by atoms with E-state index < -0.39 is 9.84 Å². The topological polar surface area (TPSA) is 88.4 Å². The van der Waals surface area contributed by atoms with E-state index in [1.807, 2.05) is 16.9 Å². The van der Waals surface area contributed by atoms with Gasteiger partial charge in [-0.25, -0.2) is 13.1 Å². The number of halogens is 1. The molecule has 0 fully saturated rings. The molecule has 162 valence electrons. The van der Waals surface area contributed by atoms with Crippen molar-refractivity contribution in [3.05, 3.63) is 48.3 Å². The predicted octanol–water partition coefficient (Wildman–Crippen LogP) is 2.66. The smallest absolute Gasteiger partial charge is 0.191 e. The van der Waals surface area contributed by atoms with Crippen LogP contribution in [0.5, 0.6) is 0 Å². The van der Waals surface area contributed by atoms with Gasteiger partial charge in [0.05, 0.1) is 11.4 Å². The van der Waals surface area contributed by atoms with Crippen LogP contribution in [-0.4, -0.2) is 56.3 Å². The highest BCUT2D eigenvalue weighted by Crippen LogP contribution is 2.19. The Bertz CT molecular complexity index is 863. The van der Waals surface area contributed by atoms with Crippen LogP contribution in [0.25, 0.3) is 5.69 Å². The molecule has 0 atom stereocenters. The van der Waals surface area contributed by atoms with Crippen LogP contribution in [0.4, 0.5) is 0 Å². The van der Waals surface area contributed by atoms with Gasteiger partial charge in [-0.15, -0.1) is 24.0 Å². The Morgan fingerprint density at radius 1 is 1.21 bits per heavy atom. The van der Waals surface area contributed by atoms with E-state index in [2.05, 4.69) is 58.8 Å². The van der Waals surface area contributed by atoms with E-state index in [-0.39, 0.29) is 35.1 Å². The summed E-state index contributed by atoms with van der Waals surface area (Å²) >= 11 is 0. The normalized spacial score (nSPS) is 12.3. The highest BCUT2D eigenvalue weighted by molar-refractivity contribution is 14.0. The van der Waals surface area contributed by atoms with Gasteiger partial charge in [-0.3, -0.25) is 4.99 Å². The third-order valence-corrected chi connectivity index (χ3v) is 5.46. The van der Waals surface area contributed by atoms with Crippen molar-refractivity contribution in [1.82, 2.24) is 20.4 Å². The van der Waals surface area contributed by atoms with Gasteiger partial charge in [-0.2, -0.15) is 5.10 Å². The summed E-state index contributed by atoms with van der Waals surface area (Å²) in [7, 11) is -1.21. The number of aliphatic imine (C=N–C) groups is 1.